The lowest BCUT2D eigenvalue weighted by Gasteiger charge is -2.27. The molecule has 0 aliphatic carbocycles. The molecule has 0 radical (unpaired) electrons. The van der Waals surface area contributed by atoms with Crippen molar-refractivity contribution in [2.24, 2.45) is 0 Å². The predicted molar refractivity (Wildman–Crippen MR) is 53.9 cm³/mol. The van der Waals surface area contributed by atoms with Gasteiger partial charge in [0, 0.05) is 24.9 Å². The van der Waals surface area contributed by atoms with Gasteiger partial charge in [0.2, 0.25) is 0 Å². The van der Waals surface area contributed by atoms with E-state index in [0.717, 1.165) is 0 Å². The molecule has 1 aliphatic rings. The molecule has 0 spiro atoms. The molecule has 1 fully saturated rings. The first-order valence-corrected chi connectivity index (χ1v) is 5.50. The molecule has 1 aromatic heterocycles. The van der Waals surface area contributed by atoms with Crippen molar-refractivity contribution in [2.45, 2.75) is 31.8 Å². The van der Waals surface area contributed by atoms with Crippen LogP contribution in [-0.4, -0.2) is 11.8 Å². The molecule has 2 rings (SSSR count). The standard InChI is InChI=1S/C10H13NOS/c1-7-4-9(12)5-10(11-7)8-2-3-13-6-8/h2-3,6-7,10-11H,4-5H2,1H3. The maximum Gasteiger partial charge on any atom is 0.136 e. The van der Waals surface area contributed by atoms with E-state index in [2.05, 4.69) is 29.1 Å². The molecule has 1 aromatic rings. The molecule has 0 bridgehead atoms. The highest BCUT2D eigenvalue weighted by Crippen LogP contribution is 2.24. The minimum atomic E-state index is 0.252. The summed E-state index contributed by atoms with van der Waals surface area (Å²) < 4.78 is 0. The van der Waals surface area contributed by atoms with E-state index < -0.39 is 0 Å². The molecular weight excluding hydrogens is 182 g/mol. The molecule has 2 unspecified atom stereocenters. The van der Waals surface area contributed by atoms with E-state index in [1.54, 1.807) is 11.3 Å². The Kier molecular flexibility index (Phi) is 2.47. The van der Waals surface area contributed by atoms with E-state index in [0.29, 0.717) is 24.7 Å². The van der Waals surface area contributed by atoms with Crippen molar-refractivity contribution in [3.63, 3.8) is 0 Å². The Bertz CT molecular complexity index is 294. The van der Waals surface area contributed by atoms with Crippen LogP contribution in [0.5, 0.6) is 0 Å². The summed E-state index contributed by atoms with van der Waals surface area (Å²) in [6.45, 7) is 2.07. The van der Waals surface area contributed by atoms with Gasteiger partial charge in [-0.2, -0.15) is 11.3 Å². The summed E-state index contributed by atoms with van der Waals surface area (Å²) in [5.74, 6) is 0.377. The highest BCUT2D eigenvalue weighted by Gasteiger charge is 2.24. The van der Waals surface area contributed by atoms with Crippen LogP contribution >= 0.6 is 11.3 Å². The van der Waals surface area contributed by atoms with Crippen molar-refractivity contribution in [1.82, 2.24) is 5.32 Å². The molecule has 0 aromatic carbocycles. The van der Waals surface area contributed by atoms with Crippen molar-refractivity contribution in [3.05, 3.63) is 22.4 Å². The lowest BCUT2D eigenvalue weighted by atomic mass is 9.95. The zero-order valence-corrected chi connectivity index (χ0v) is 8.43. The number of rotatable bonds is 1. The summed E-state index contributed by atoms with van der Waals surface area (Å²) in [5, 5.41) is 7.61. The Labute approximate surface area is 82.0 Å². The number of nitrogens with one attached hydrogen (secondary N) is 1. The third-order valence-electron chi connectivity index (χ3n) is 2.40. The monoisotopic (exact) mass is 195 g/mol. The maximum atomic E-state index is 11.3. The number of Topliss-reactive ketones (excluding diaryl/α,β-unsaturated/α-hetero) is 1. The first kappa shape index (κ1) is 8.91. The topological polar surface area (TPSA) is 29.1 Å². The van der Waals surface area contributed by atoms with Gasteiger partial charge in [-0.3, -0.25) is 4.79 Å². The summed E-state index contributed by atoms with van der Waals surface area (Å²) in [6.07, 6.45) is 1.34. The molecule has 1 saturated heterocycles. The van der Waals surface area contributed by atoms with E-state index in [4.69, 9.17) is 0 Å². The van der Waals surface area contributed by atoms with Crippen LogP contribution < -0.4 is 5.32 Å². The largest absolute Gasteiger partial charge is 0.307 e. The van der Waals surface area contributed by atoms with Gasteiger partial charge in [0.05, 0.1) is 0 Å². The Hall–Kier alpha value is -0.670. The van der Waals surface area contributed by atoms with Gasteiger partial charge in [0.15, 0.2) is 0 Å². The van der Waals surface area contributed by atoms with E-state index in [-0.39, 0.29) is 6.04 Å². The molecule has 3 heteroatoms. The van der Waals surface area contributed by atoms with Gasteiger partial charge in [-0.15, -0.1) is 0 Å². The first-order valence-electron chi connectivity index (χ1n) is 4.55. The van der Waals surface area contributed by atoms with E-state index in [1.165, 1.54) is 5.56 Å². The fraction of sp³-hybridized carbons (Fsp3) is 0.500. The molecule has 13 heavy (non-hydrogen) atoms. The second-order valence-electron chi connectivity index (χ2n) is 3.62. The molecule has 2 nitrogen and oxygen atoms in total. The summed E-state index contributed by atoms with van der Waals surface area (Å²) in [7, 11) is 0. The van der Waals surface area contributed by atoms with Gasteiger partial charge in [0.1, 0.15) is 5.78 Å². The summed E-state index contributed by atoms with van der Waals surface area (Å²) in [6, 6.07) is 2.67. The summed E-state index contributed by atoms with van der Waals surface area (Å²) in [5.41, 5.74) is 1.25. The lowest BCUT2D eigenvalue weighted by molar-refractivity contribution is -0.121. The molecule has 0 amide bonds. The van der Waals surface area contributed by atoms with Gasteiger partial charge in [-0.05, 0) is 29.3 Å². The molecule has 70 valence electrons. The highest BCUT2D eigenvalue weighted by atomic mass is 32.1. The second-order valence-corrected chi connectivity index (χ2v) is 4.40. The predicted octanol–water partition coefficient (Wildman–Crippen LogP) is 2.13. The maximum absolute atomic E-state index is 11.3. The fourth-order valence-corrected chi connectivity index (χ4v) is 2.52. The average molecular weight is 195 g/mol. The number of piperidine rings is 1. The summed E-state index contributed by atoms with van der Waals surface area (Å²) >= 11 is 1.68. The lowest BCUT2D eigenvalue weighted by Crippen LogP contribution is -2.38. The second kappa shape index (κ2) is 3.60. The normalized spacial score (nSPS) is 29.2. The zero-order chi connectivity index (χ0) is 9.26. The zero-order valence-electron chi connectivity index (χ0n) is 7.62. The van der Waals surface area contributed by atoms with Gasteiger partial charge >= 0.3 is 0 Å². The molecule has 0 saturated carbocycles. The van der Waals surface area contributed by atoms with Crippen LogP contribution in [0.25, 0.3) is 0 Å². The van der Waals surface area contributed by atoms with Crippen molar-refractivity contribution >= 4 is 17.1 Å². The minimum absolute atomic E-state index is 0.252. The Morgan fingerprint density at radius 3 is 3.00 bits per heavy atom. The fourth-order valence-electron chi connectivity index (χ4n) is 1.80. The quantitative estimate of drug-likeness (QED) is 0.743. The van der Waals surface area contributed by atoms with Crippen LogP contribution in [0.15, 0.2) is 16.8 Å². The SMILES string of the molecule is CC1CC(=O)CC(c2ccsc2)N1. The van der Waals surface area contributed by atoms with Gasteiger partial charge in [0.25, 0.3) is 0 Å². The number of hydrogen-bond donors (Lipinski definition) is 1. The smallest absolute Gasteiger partial charge is 0.136 e. The first-order chi connectivity index (χ1) is 6.25. The van der Waals surface area contributed by atoms with Gasteiger partial charge in [-0.25, -0.2) is 0 Å². The van der Waals surface area contributed by atoms with E-state index in [1.807, 2.05) is 0 Å². The van der Waals surface area contributed by atoms with Crippen LogP contribution in [-0.2, 0) is 4.79 Å². The molecule has 1 aliphatic heterocycles. The minimum Gasteiger partial charge on any atom is -0.307 e. The number of hydrogen-bond acceptors (Lipinski definition) is 3. The Balaban J connectivity index is 2.12. The molecule has 2 atom stereocenters. The van der Waals surface area contributed by atoms with Crippen LogP contribution in [0.2, 0.25) is 0 Å². The molecule has 1 N–H and O–H groups in total. The van der Waals surface area contributed by atoms with Crippen molar-refractivity contribution in [2.75, 3.05) is 0 Å². The Morgan fingerprint density at radius 2 is 2.38 bits per heavy atom. The summed E-state index contributed by atoms with van der Waals surface area (Å²) in [4.78, 5) is 11.3. The van der Waals surface area contributed by atoms with Crippen molar-refractivity contribution in [1.29, 1.82) is 0 Å². The number of thiophene rings is 1. The van der Waals surface area contributed by atoms with Crippen molar-refractivity contribution in [3.8, 4) is 0 Å². The van der Waals surface area contributed by atoms with Gasteiger partial charge in [-0.1, -0.05) is 0 Å². The molecule has 2 heterocycles. The Morgan fingerprint density at radius 1 is 1.54 bits per heavy atom. The van der Waals surface area contributed by atoms with Crippen LogP contribution in [0.4, 0.5) is 0 Å². The third-order valence-corrected chi connectivity index (χ3v) is 3.10. The number of carbonyl (C=O) groups excluding carboxylic acids is 1. The van der Waals surface area contributed by atoms with Crippen LogP contribution in [0.1, 0.15) is 31.4 Å². The third kappa shape index (κ3) is 1.98. The van der Waals surface area contributed by atoms with E-state index in [9.17, 15) is 4.79 Å². The number of ketones is 1. The number of carbonyl (C=O) groups is 1. The van der Waals surface area contributed by atoms with Gasteiger partial charge < -0.3 is 5.32 Å². The van der Waals surface area contributed by atoms with Crippen molar-refractivity contribution < 1.29 is 4.79 Å². The van der Waals surface area contributed by atoms with Crippen LogP contribution in [0.3, 0.4) is 0 Å². The van der Waals surface area contributed by atoms with Crippen LogP contribution in [0, 0.1) is 0 Å². The highest BCUT2D eigenvalue weighted by molar-refractivity contribution is 7.07. The van der Waals surface area contributed by atoms with E-state index >= 15 is 0 Å². The molecular formula is C10H13NOS. The average Bonchev–Trinajstić information content (AvgIpc) is 2.53.